The molecule has 1 amide bonds. The minimum absolute atomic E-state index is 0.0750. The van der Waals surface area contributed by atoms with Crippen molar-refractivity contribution in [3.8, 4) is 0 Å². The van der Waals surface area contributed by atoms with Crippen molar-refractivity contribution in [1.29, 1.82) is 0 Å². The first-order valence-corrected chi connectivity index (χ1v) is 8.17. The lowest BCUT2D eigenvalue weighted by atomic mass is 9.73. The molecule has 0 aromatic carbocycles. The van der Waals surface area contributed by atoms with Crippen LogP contribution in [0.5, 0.6) is 0 Å². The Kier molecular flexibility index (Phi) is 4.82. The van der Waals surface area contributed by atoms with E-state index in [2.05, 4.69) is 11.7 Å². The van der Waals surface area contributed by atoms with Gasteiger partial charge in [0.1, 0.15) is 5.76 Å². The third-order valence-electron chi connectivity index (χ3n) is 4.75. The molecule has 2 saturated heterocycles. The van der Waals surface area contributed by atoms with Gasteiger partial charge in [-0.2, -0.15) is 0 Å². The van der Waals surface area contributed by atoms with Crippen molar-refractivity contribution in [2.45, 2.75) is 32.3 Å². The van der Waals surface area contributed by atoms with Gasteiger partial charge in [-0.1, -0.05) is 11.2 Å². The summed E-state index contributed by atoms with van der Waals surface area (Å²) in [6.07, 6.45) is 4.75. The van der Waals surface area contributed by atoms with Gasteiger partial charge in [0.05, 0.1) is 19.3 Å². The van der Waals surface area contributed by atoms with Crippen LogP contribution in [0.25, 0.3) is 0 Å². The van der Waals surface area contributed by atoms with Crippen LogP contribution in [0.4, 0.5) is 0 Å². The van der Waals surface area contributed by atoms with E-state index in [0.717, 1.165) is 25.9 Å². The average molecular weight is 320 g/mol. The van der Waals surface area contributed by atoms with Crippen LogP contribution in [0, 0.1) is 12.3 Å². The molecule has 2 atom stereocenters. The van der Waals surface area contributed by atoms with Crippen LogP contribution < -0.4 is 0 Å². The second-order valence-electron chi connectivity index (χ2n) is 6.47. The van der Waals surface area contributed by atoms with Crippen molar-refractivity contribution >= 4 is 5.91 Å². The first-order chi connectivity index (χ1) is 11.1. The van der Waals surface area contributed by atoms with E-state index in [-0.39, 0.29) is 17.4 Å². The fraction of sp³-hybridized carbons (Fsp3) is 0.647. The highest BCUT2D eigenvalue weighted by atomic mass is 16.5. The van der Waals surface area contributed by atoms with Crippen LogP contribution in [-0.2, 0) is 9.47 Å². The zero-order valence-corrected chi connectivity index (χ0v) is 13.6. The number of aryl methyl sites for hydroxylation is 1. The van der Waals surface area contributed by atoms with Crippen LogP contribution in [0.3, 0.4) is 0 Å². The summed E-state index contributed by atoms with van der Waals surface area (Å²) in [5.41, 5.74) is 0.244. The van der Waals surface area contributed by atoms with Crippen molar-refractivity contribution in [2.24, 2.45) is 5.41 Å². The monoisotopic (exact) mass is 320 g/mol. The van der Waals surface area contributed by atoms with E-state index in [1.54, 1.807) is 19.1 Å². The van der Waals surface area contributed by atoms with Gasteiger partial charge in [0.2, 0.25) is 0 Å². The normalized spacial score (nSPS) is 27.5. The van der Waals surface area contributed by atoms with E-state index in [1.807, 2.05) is 4.90 Å². The molecule has 3 rings (SSSR count). The summed E-state index contributed by atoms with van der Waals surface area (Å²) in [5.74, 6) is 0.572. The first-order valence-electron chi connectivity index (χ1n) is 8.17. The number of carbonyl (C=O) groups is 1. The maximum atomic E-state index is 12.7. The van der Waals surface area contributed by atoms with E-state index in [9.17, 15) is 4.79 Å². The van der Waals surface area contributed by atoms with Crippen LogP contribution in [0.2, 0.25) is 0 Å². The molecule has 23 heavy (non-hydrogen) atoms. The second-order valence-corrected chi connectivity index (χ2v) is 6.47. The van der Waals surface area contributed by atoms with Crippen molar-refractivity contribution in [3.63, 3.8) is 0 Å². The lowest BCUT2D eigenvalue weighted by Crippen LogP contribution is -2.58. The lowest BCUT2D eigenvalue weighted by Gasteiger charge is -2.50. The van der Waals surface area contributed by atoms with Gasteiger partial charge in [-0.05, 0) is 26.2 Å². The number of hydrogen-bond acceptors (Lipinski definition) is 5. The molecular formula is C17H24N2O4. The summed E-state index contributed by atoms with van der Waals surface area (Å²) < 4.78 is 16.8. The van der Waals surface area contributed by atoms with Crippen molar-refractivity contribution in [2.75, 3.05) is 32.9 Å². The Bertz CT molecular complexity index is 571. The third-order valence-corrected chi connectivity index (χ3v) is 4.75. The minimum Gasteiger partial charge on any atom is -0.377 e. The standard InChI is InChI=1S/C17H24N2O4/c1-3-8-21-12-17-6-4-9-22-15(17)5-7-19(11-17)16(20)14-10-13(2)23-18-14/h3,10,15H,1,4-9,11-12H2,2H3. The maximum absolute atomic E-state index is 12.7. The van der Waals surface area contributed by atoms with Crippen molar-refractivity contribution in [1.82, 2.24) is 10.1 Å². The quantitative estimate of drug-likeness (QED) is 0.615. The zero-order chi connectivity index (χ0) is 16.3. The fourth-order valence-electron chi connectivity index (χ4n) is 3.65. The first kappa shape index (κ1) is 16.2. The lowest BCUT2D eigenvalue weighted by molar-refractivity contribution is -0.144. The maximum Gasteiger partial charge on any atom is 0.276 e. The molecule has 1 aromatic heterocycles. The predicted molar refractivity (Wildman–Crippen MR) is 84.2 cm³/mol. The molecule has 0 N–H and O–H groups in total. The van der Waals surface area contributed by atoms with Gasteiger partial charge in [0.25, 0.3) is 5.91 Å². The molecule has 2 unspecified atom stereocenters. The Morgan fingerprint density at radius 2 is 2.52 bits per heavy atom. The predicted octanol–water partition coefficient (Wildman–Crippen LogP) is 2.20. The number of aromatic nitrogens is 1. The van der Waals surface area contributed by atoms with Gasteiger partial charge >= 0.3 is 0 Å². The fourth-order valence-corrected chi connectivity index (χ4v) is 3.65. The number of piperidine rings is 1. The Morgan fingerprint density at radius 1 is 1.65 bits per heavy atom. The van der Waals surface area contributed by atoms with Crippen molar-refractivity contribution in [3.05, 3.63) is 30.2 Å². The summed E-state index contributed by atoms with van der Waals surface area (Å²) in [6.45, 7) is 8.70. The SMILES string of the molecule is C=CCOCC12CCCOC1CCN(C(=O)c1cc(C)on1)C2. The van der Waals surface area contributed by atoms with E-state index in [1.165, 1.54) is 0 Å². The molecule has 0 spiro atoms. The van der Waals surface area contributed by atoms with Gasteiger partial charge in [-0.25, -0.2) is 0 Å². The van der Waals surface area contributed by atoms with Gasteiger partial charge < -0.3 is 18.9 Å². The average Bonchev–Trinajstić information content (AvgIpc) is 3.00. The summed E-state index contributed by atoms with van der Waals surface area (Å²) >= 11 is 0. The number of likely N-dealkylation sites (tertiary alicyclic amines) is 1. The molecule has 0 radical (unpaired) electrons. The summed E-state index contributed by atoms with van der Waals surface area (Å²) in [5, 5.41) is 3.85. The van der Waals surface area contributed by atoms with E-state index in [4.69, 9.17) is 14.0 Å². The molecule has 2 aliphatic rings. The third kappa shape index (κ3) is 3.33. The van der Waals surface area contributed by atoms with E-state index in [0.29, 0.717) is 37.8 Å². The highest BCUT2D eigenvalue weighted by Crippen LogP contribution is 2.40. The molecule has 0 bridgehead atoms. The molecule has 2 aliphatic heterocycles. The molecule has 1 aromatic rings. The zero-order valence-electron chi connectivity index (χ0n) is 13.6. The van der Waals surface area contributed by atoms with Gasteiger partial charge in [-0.15, -0.1) is 6.58 Å². The number of rotatable bonds is 5. The molecule has 3 heterocycles. The number of amides is 1. The van der Waals surface area contributed by atoms with Gasteiger partial charge in [-0.3, -0.25) is 4.79 Å². The van der Waals surface area contributed by atoms with Crippen LogP contribution in [0.1, 0.15) is 35.5 Å². The molecule has 0 aliphatic carbocycles. The summed E-state index contributed by atoms with van der Waals surface area (Å²) in [6, 6.07) is 1.69. The van der Waals surface area contributed by atoms with Gasteiger partial charge in [0, 0.05) is 31.2 Å². The highest BCUT2D eigenvalue weighted by molar-refractivity contribution is 5.92. The number of fused-ring (bicyclic) bond motifs is 1. The molecule has 126 valence electrons. The summed E-state index contributed by atoms with van der Waals surface area (Å²) in [7, 11) is 0. The van der Waals surface area contributed by atoms with Gasteiger partial charge in [0.15, 0.2) is 5.69 Å². The minimum atomic E-state index is -0.131. The Morgan fingerprint density at radius 3 is 3.26 bits per heavy atom. The topological polar surface area (TPSA) is 64.8 Å². The van der Waals surface area contributed by atoms with Crippen LogP contribution in [-0.4, -0.2) is 55.0 Å². The molecule has 0 saturated carbocycles. The second kappa shape index (κ2) is 6.84. The van der Waals surface area contributed by atoms with E-state index >= 15 is 0 Å². The van der Waals surface area contributed by atoms with Crippen LogP contribution >= 0.6 is 0 Å². The Labute approximate surface area is 136 Å². The smallest absolute Gasteiger partial charge is 0.276 e. The van der Waals surface area contributed by atoms with E-state index < -0.39 is 0 Å². The highest BCUT2D eigenvalue weighted by Gasteiger charge is 2.47. The van der Waals surface area contributed by atoms with Crippen LogP contribution in [0.15, 0.2) is 23.2 Å². The number of carbonyl (C=O) groups excluding carboxylic acids is 1. The largest absolute Gasteiger partial charge is 0.377 e. The molecule has 2 fully saturated rings. The Balaban J connectivity index is 1.74. The van der Waals surface area contributed by atoms with Crippen molar-refractivity contribution < 1.29 is 18.8 Å². The molecule has 6 nitrogen and oxygen atoms in total. The Hall–Kier alpha value is -1.66. The molecule has 6 heteroatoms. The molecular weight excluding hydrogens is 296 g/mol. The number of nitrogens with zero attached hydrogens (tertiary/aromatic N) is 2. The number of ether oxygens (including phenoxy) is 2. The summed E-state index contributed by atoms with van der Waals surface area (Å²) in [4.78, 5) is 14.5. The number of hydrogen-bond donors (Lipinski definition) is 0.